The molecule has 0 atom stereocenters. The van der Waals surface area contributed by atoms with E-state index in [4.69, 9.17) is 0 Å². The van der Waals surface area contributed by atoms with Gasteiger partial charge in [-0.2, -0.15) is 0 Å². The predicted octanol–water partition coefficient (Wildman–Crippen LogP) is 6.45. The molecule has 0 aromatic heterocycles. The van der Waals surface area contributed by atoms with Crippen LogP contribution in [0, 0.1) is 5.41 Å². The Morgan fingerprint density at radius 3 is 1.50 bits per heavy atom. The van der Waals surface area contributed by atoms with Gasteiger partial charge in [0.2, 0.25) is 0 Å². The van der Waals surface area contributed by atoms with Crippen molar-refractivity contribution in [3.63, 3.8) is 0 Å². The molecule has 1 fully saturated rings. The van der Waals surface area contributed by atoms with E-state index in [1.54, 1.807) is 6.92 Å². The molecule has 0 radical (unpaired) electrons. The summed E-state index contributed by atoms with van der Waals surface area (Å²) in [5, 5.41) is 0. The lowest BCUT2D eigenvalue weighted by molar-refractivity contribution is -0.122. The van der Waals surface area contributed by atoms with E-state index in [-0.39, 0.29) is 5.41 Å². The molecular formula is C19H36O. The Morgan fingerprint density at radius 2 is 1.15 bits per heavy atom. The first kappa shape index (κ1) is 17.7. The highest BCUT2D eigenvalue weighted by atomic mass is 16.1. The van der Waals surface area contributed by atoms with Crippen LogP contribution in [0.1, 0.15) is 110 Å². The second-order valence-corrected chi connectivity index (χ2v) is 6.98. The van der Waals surface area contributed by atoms with E-state index in [1.807, 2.05) is 0 Å². The molecule has 0 heterocycles. The van der Waals surface area contributed by atoms with Gasteiger partial charge in [-0.15, -0.1) is 0 Å². The Bertz CT molecular complexity index is 252. The molecule has 0 bridgehead atoms. The second kappa shape index (κ2) is 10.4. The zero-order valence-corrected chi connectivity index (χ0v) is 14.0. The molecule has 0 aromatic rings. The molecule has 1 aliphatic rings. The number of hydrogen-bond donors (Lipinski definition) is 0. The van der Waals surface area contributed by atoms with Crippen molar-refractivity contribution in [2.45, 2.75) is 110 Å². The summed E-state index contributed by atoms with van der Waals surface area (Å²) in [5.74, 6) is 0.445. The van der Waals surface area contributed by atoms with Gasteiger partial charge in [-0.1, -0.05) is 84.0 Å². The van der Waals surface area contributed by atoms with Crippen molar-refractivity contribution in [3.05, 3.63) is 0 Å². The summed E-state index contributed by atoms with van der Waals surface area (Å²) < 4.78 is 0. The number of rotatable bonds is 14. The quantitative estimate of drug-likeness (QED) is 0.334. The first-order valence-electron chi connectivity index (χ1n) is 9.22. The normalized spacial score (nSPS) is 16.3. The fourth-order valence-electron chi connectivity index (χ4n) is 3.23. The summed E-state index contributed by atoms with van der Waals surface area (Å²) in [7, 11) is 0. The van der Waals surface area contributed by atoms with E-state index < -0.39 is 0 Å². The molecule has 0 aliphatic heterocycles. The Kier molecular flexibility index (Phi) is 9.22. The third kappa shape index (κ3) is 7.45. The number of hydrogen-bond acceptors (Lipinski definition) is 1. The van der Waals surface area contributed by atoms with Crippen LogP contribution in [0.4, 0.5) is 0 Å². The smallest absolute Gasteiger partial charge is 0.135 e. The van der Waals surface area contributed by atoms with Gasteiger partial charge in [-0.3, -0.25) is 4.79 Å². The Hall–Kier alpha value is -0.330. The van der Waals surface area contributed by atoms with Gasteiger partial charge in [0.1, 0.15) is 5.78 Å². The van der Waals surface area contributed by atoms with Crippen molar-refractivity contribution >= 4 is 5.78 Å². The van der Waals surface area contributed by atoms with Gasteiger partial charge >= 0.3 is 0 Å². The lowest BCUT2D eigenvalue weighted by Crippen LogP contribution is -2.11. The zero-order valence-electron chi connectivity index (χ0n) is 14.0. The van der Waals surface area contributed by atoms with E-state index in [1.165, 1.54) is 96.3 Å². The first-order valence-corrected chi connectivity index (χ1v) is 9.22. The van der Waals surface area contributed by atoms with Crippen LogP contribution in [0.2, 0.25) is 0 Å². The maximum Gasteiger partial charge on any atom is 0.135 e. The van der Waals surface area contributed by atoms with E-state index >= 15 is 0 Å². The van der Waals surface area contributed by atoms with Gasteiger partial charge in [0.05, 0.1) is 0 Å². The standard InChI is InChI=1S/C19H36O/c1-3-4-5-6-7-8-9-10-11-12-13-14-15-19(16-17-19)18(2)20/h3-17H2,1-2H3. The zero-order chi connectivity index (χ0) is 14.7. The van der Waals surface area contributed by atoms with Crippen LogP contribution in [0.3, 0.4) is 0 Å². The maximum absolute atomic E-state index is 11.5. The average molecular weight is 280 g/mol. The first-order chi connectivity index (χ1) is 9.71. The molecular weight excluding hydrogens is 244 g/mol. The van der Waals surface area contributed by atoms with Gasteiger partial charge in [0.15, 0.2) is 0 Å². The fourth-order valence-corrected chi connectivity index (χ4v) is 3.23. The van der Waals surface area contributed by atoms with Crippen molar-refractivity contribution in [3.8, 4) is 0 Å². The van der Waals surface area contributed by atoms with Crippen LogP contribution in [0.15, 0.2) is 0 Å². The van der Waals surface area contributed by atoms with Crippen LogP contribution >= 0.6 is 0 Å². The van der Waals surface area contributed by atoms with Crippen molar-refractivity contribution in [2.75, 3.05) is 0 Å². The molecule has 118 valence electrons. The van der Waals surface area contributed by atoms with Crippen LogP contribution < -0.4 is 0 Å². The summed E-state index contributed by atoms with van der Waals surface area (Å²) in [6, 6.07) is 0. The summed E-state index contributed by atoms with van der Waals surface area (Å²) in [4.78, 5) is 11.5. The highest BCUT2D eigenvalue weighted by molar-refractivity contribution is 5.84. The Balaban J connectivity index is 1.76. The number of ketones is 1. The SMILES string of the molecule is CCCCCCCCCCCCCCC1(C(C)=O)CC1. The topological polar surface area (TPSA) is 17.1 Å². The molecule has 1 rings (SSSR count). The Morgan fingerprint density at radius 1 is 0.750 bits per heavy atom. The average Bonchev–Trinajstić information content (AvgIpc) is 3.21. The lowest BCUT2D eigenvalue weighted by atomic mass is 9.94. The van der Waals surface area contributed by atoms with Crippen LogP contribution in [-0.4, -0.2) is 5.78 Å². The van der Waals surface area contributed by atoms with Gasteiger partial charge in [0, 0.05) is 5.41 Å². The molecule has 1 nitrogen and oxygen atoms in total. The summed E-state index contributed by atoms with van der Waals surface area (Å²) in [5.41, 5.74) is 0.151. The summed E-state index contributed by atoms with van der Waals surface area (Å²) in [6.45, 7) is 4.06. The second-order valence-electron chi connectivity index (χ2n) is 6.98. The summed E-state index contributed by atoms with van der Waals surface area (Å²) in [6.07, 6.45) is 20.3. The van der Waals surface area contributed by atoms with Gasteiger partial charge in [0.25, 0.3) is 0 Å². The van der Waals surface area contributed by atoms with E-state index in [9.17, 15) is 4.79 Å². The van der Waals surface area contributed by atoms with Crippen molar-refractivity contribution in [1.29, 1.82) is 0 Å². The predicted molar refractivity (Wildman–Crippen MR) is 88.0 cm³/mol. The van der Waals surface area contributed by atoms with E-state index in [0.29, 0.717) is 5.78 Å². The monoisotopic (exact) mass is 280 g/mol. The van der Waals surface area contributed by atoms with Crippen LogP contribution in [0.5, 0.6) is 0 Å². The Labute approximate surface area is 126 Å². The maximum atomic E-state index is 11.5. The molecule has 0 unspecified atom stereocenters. The summed E-state index contributed by atoms with van der Waals surface area (Å²) >= 11 is 0. The minimum atomic E-state index is 0.151. The van der Waals surface area contributed by atoms with Crippen molar-refractivity contribution in [1.82, 2.24) is 0 Å². The highest BCUT2D eigenvalue weighted by Gasteiger charge is 2.45. The van der Waals surface area contributed by atoms with Gasteiger partial charge in [-0.05, 0) is 26.2 Å². The van der Waals surface area contributed by atoms with E-state index in [0.717, 1.165) is 0 Å². The molecule has 0 saturated heterocycles. The minimum absolute atomic E-state index is 0.151. The number of carbonyl (C=O) groups excluding carboxylic acids is 1. The highest BCUT2D eigenvalue weighted by Crippen LogP contribution is 2.50. The molecule has 0 amide bonds. The minimum Gasteiger partial charge on any atom is -0.299 e. The number of carbonyl (C=O) groups is 1. The number of unbranched alkanes of at least 4 members (excludes halogenated alkanes) is 11. The van der Waals surface area contributed by atoms with Gasteiger partial charge in [-0.25, -0.2) is 0 Å². The third-order valence-electron chi connectivity index (χ3n) is 5.11. The number of Topliss-reactive ketones (excluding diaryl/α,β-unsaturated/α-hetero) is 1. The van der Waals surface area contributed by atoms with Crippen LogP contribution in [-0.2, 0) is 4.79 Å². The lowest BCUT2D eigenvalue weighted by Gasteiger charge is -2.10. The van der Waals surface area contributed by atoms with Crippen LogP contribution in [0.25, 0.3) is 0 Å². The third-order valence-corrected chi connectivity index (χ3v) is 5.11. The molecule has 0 aromatic carbocycles. The molecule has 20 heavy (non-hydrogen) atoms. The molecule has 0 N–H and O–H groups in total. The molecule has 0 spiro atoms. The molecule has 1 saturated carbocycles. The molecule has 1 heteroatoms. The largest absolute Gasteiger partial charge is 0.299 e. The van der Waals surface area contributed by atoms with Crippen molar-refractivity contribution < 1.29 is 4.79 Å². The van der Waals surface area contributed by atoms with E-state index in [2.05, 4.69) is 6.92 Å². The molecule has 1 aliphatic carbocycles. The fraction of sp³-hybridized carbons (Fsp3) is 0.947. The van der Waals surface area contributed by atoms with Gasteiger partial charge < -0.3 is 0 Å². The van der Waals surface area contributed by atoms with Crippen molar-refractivity contribution in [2.24, 2.45) is 5.41 Å².